The van der Waals surface area contributed by atoms with Crippen LogP contribution in [0.25, 0.3) is 0 Å². The van der Waals surface area contributed by atoms with Gasteiger partial charge in [0.1, 0.15) is 6.17 Å². The molecule has 1 amide bonds. The summed E-state index contributed by atoms with van der Waals surface area (Å²) in [7, 11) is 0. The Morgan fingerprint density at radius 3 is 2.43 bits per heavy atom. The third-order valence-corrected chi connectivity index (χ3v) is 4.22. The Hall–Kier alpha value is -0.780. The Balaban J connectivity index is 2.00. The van der Waals surface area contributed by atoms with E-state index in [4.69, 9.17) is 34.8 Å². The summed E-state index contributed by atoms with van der Waals surface area (Å²) in [5, 5.41) is 7.56. The van der Waals surface area contributed by atoms with E-state index < -0.39 is 9.96 Å². The van der Waals surface area contributed by atoms with E-state index in [0.717, 1.165) is 5.56 Å². The Morgan fingerprint density at radius 1 is 1.14 bits per heavy atom. The van der Waals surface area contributed by atoms with Gasteiger partial charge in [0, 0.05) is 6.54 Å². The molecule has 0 aliphatic carbocycles. The van der Waals surface area contributed by atoms with Crippen LogP contribution in [0.1, 0.15) is 15.2 Å². The van der Waals surface area contributed by atoms with Gasteiger partial charge in [0.25, 0.3) is 5.91 Å². The molecule has 0 radical (unpaired) electrons. The molecule has 0 saturated carbocycles. The first-order chi connectivity index (χ1) is 9.97. The zero-order valence-corrected chi connectivity index (χ0v) is 13.9. The topological polar surface area (TPSA) is 41.1 Å². The van der Waals surface area contributed by atoms with Crippen molar-refractivity contribution in [2.45, 2.75) is 16.5 Å². The minimum atomic E-state index is -1.65. The van der Waals surface area contributed by atoms with Crippen LogP contribution in [0, 0.1) is 0 Å². The molecule has 112 valence electrons. The van der Waals surface area contributed by atoms with Crippen molar-refractivity contribution >= 4 is 52.0 Å². The SMILES string of the molecule is O=C(N[C@H](NCc1ccccc1)C(Cl)(Cl)Cl)c1cccs1. The van der Waals surface area contributed by atoms with Gasteiger partial charge in [-0.25, -0.2) is 0 Å². The van der Waals surface area contributed by atoms with Crippen LogP contribution in [0.2, 0.25) is 0 Å². The smallest absolute Gasteiger partial charge is 0.262 e. The molecule has 1 atom stereocenters. The number of benzene rings is 1. The van der Waals surface area contributed by atoms with Crippen LogP contribution in [-0.4, -0.2) is 15.9 Å². The van der Waals surface area contributed by atoms with Crippen molar-refractivity contribution in [3.63, 3.8) is 0 Å². The zero-order chi connectivity index (χ0) is 15.3. The van der Waals surface area contributed by atoms with Gasteiger partial charge in [0.05, 0.1) is 4.88 Å². The maximum atomic E-state index is 12.1. The Bertz CT molecular complexity index is 570. The number of halogens is 3. The average molecular weight is 364 g/mol. The molecule has 1 aromatic heterocycles. The summed E-state index contributed by atoms with van der Waals surface area (Å²) >= 11 is 19.1. The summed E-state index contributed by atoms with van der Waals surface area (Å²) in [4.78, 5) is 12.6. The molecule has 0 aliphatic rings. The number of rotatable bonds is 5. The van der Waals surface area contributed by atoms with E-state index in [9.17, 15) is 4.79 Å². The van der Waals surface area contributed by atoms with Crippen molar-refractivity contribution in [2.75, 3.05) is 0 Å². The second-order valence-electron chi connectivity index (χ2n) is 4.29. The van der Waals surface area contributed by atoms with E-state index in [1.54, 1.807) is 12.1 Å². The summed E-state index contributed by atoms with van der Waals surface area (Å²) in [6.07, 6.45) is -0.794. The monoisotopic (exact) mass is 362 g/mol. The highest BCUT2D eigenvalue weighted by Gasteiger charge is 2.33. The lowest BCUT2D eigenvalue weighted by atomic mass is 10.2. The largest absolute Gasteiger partial charge is 0.332 e. The number of thiophene rings is 1. The van der Waals surface area contributed by atoms with Crippen molar-refractivity contribution in [2.24, 2.45) is 0 Å². The van der Waals surface area contributed by atoms with Crippen LogP contribution in [0.5, 0.6) is 0 Å². The lowest BCUT2D eigenvalue weighted by Crippen LogP contribution is -2.52. The lowest BCUT2D eigenvalue weighted by molar-refractivity contribution is 0.0933. The van der Waals surface area contributed by atoms with Crippen LogP contribution in [0.15, 0.2) is 47.8 Å². The Kier molecular flexibility index (Phi) is 5.90. The highest BCUT2D eigenvalue weighted by atomic mass is 35.6. The van der Waals surface area contributed by atoms with Crippen LogP contribution in [-0.2, 0) is 6.54 Å². The van der Waals surface area contributed by atoms with Gasteiger partial charge in [0.2, 0.25) is 3.79 Å². The molecule has 0 spiro atoms. The molecule has 0 fully saturated rings. The number of hydrogen-bond acceptors (Lipinski definition) is 3. The maximum absolute atomic E-state index is 12.1. The van der Waals surface area contributed by atoms with E-state index in [1.807, 2.05) is 35.7 Å². The van der Waals surface area contributed by atoms with E-state index in [1.165, 1.54) is 11.3 Å². The summed E-state index contributed by atoms with van der Waals surface area (Å²) in [5.41, 5.74) is 1.03. The van der Waals surface area contributed by atoms with Crippen LogP contribution >= 0.6 is 46.1 Å². The quantitative estimate of drug-likeness (QED) is 0.623. The van der Waals surface area contributed by atoms with Crippen molar-refractivity contribution in [1.29, 1.82) is 0 Å². The minimum Gasteiger partial charge on any atom is -0.332 e. The summed E-state index contributed by atoms with van der Waals surface area (Å²) in [6.45, 7) is 0.476. The summed E-state index contributed by atoms with van der Waals surface area (Å²) in [5.74, 6) is -0.276. The molecule has 0 saturated heterocycles. The molecule has 0 bridgehead atoms. The number of alkyl halides is 3. The fourth-order valence-electron chi connectivity index (χ4n) is 1.67. The van der Waals surface area contributed by atoms with Gasteiger partial charge < -0.3 is 5.32 Å². The predicted octanol–water partition coefficient (Wildman–Crippen LogP) is 3.96. The van der Waals surface area contributed by atoms with Gasteiger partial charge in [-0.05, 0) is 17.0 Å². The summed E-state index contributed by atoms with van der Waals surface area (Å²) in [6, 6.07) is 13.2. The van der Waals surface area contributed by atoms with Gasteiger partial charge in [-0.2, -0.15) is 0 Å². The molecule has 0 unspecified atom stereocenters. The second-order valence-corrected chi connectivity index (χ2v) is 7.61. The molecular formula is C14H13Cl3N2OS. The molecule has 1 aromatic carbocycles. The third kappa shape index (κ3) is 5.16. The van der Waals surface area contributed by atoms with Gasteiger partial charge in [-0.1, -0.05) is 71.2 Å². The molecule has 0 aliphatic heterocycles. The van der Waals surface area contributed by atoms with Gasteiger partial charge in [-0.3, -0.25) is 10.1 Å². The highest BCUT2D eigenvalue weighted by Crippen LogP contribution is 2.29. The first kappa shape index (κ1) is 16.6. The maximum Gasteiger partial charge on any atom is 0.262 e. The van der Waals surface area contributed by atoms with E-state index in [-0.39, 0.29) is 5.91 Å². The molecule has 3 nitrogen and oxygen atoms in total. The predicted molar refractivity (Wildman–Crippen MR) is 89.1 cm³/mol. The second kappa shape index (κ2) is 7.47. The number of amides is 1. The molecule has 2 N–H and O–H groups in total. The Labute approximate surface area is 142 Å². The first-order valence-electron chi connectivity index (χ1n) is 6.15. The molecule has 2 aromatic rings. The fraction of sp³-hybridized carbons (Fsp3) is 0.214. The molecular weight excluding hydrogens is 351 g/mol. The number of carbonyl (C=O) groups excluding carboxylic acids is 1. The van der Waals surface area contributed by atoms with Crippen LogP contribution in [0.3, 0.4) is 0 Å². The molecule has 2 rings (SSSR count). The van der Waals surface area contributed by atoms with Gasteiger partial charge in [0.15, 0.2) is 0 Å². The fourth-order valence-corrected chi connectivity index (χ4v) is 2.70. The summed E-state index contributed by atoms with van der Waals surface area (Å²) < 4.78 is -1.65. The van der Waals surface area contributed by atoms with Crippen molar-refractivity contribution in [3.8, 4) is 0 Å². The van der Waals surface area contributed by atoms with E-state index in [0.29, 0.717) is 11.4 Å². The number of hydrogen-bond donors (Lipinski definition) is 2. The first-order valence-corrected chi connectivity index (χ1v) is 8.16. The Morgan fingerprint density at radius 2 is 1.86 bits per heavy atom. The normalized spacial score (nSPS) is 12.9. The standard InChI is InChI=1S/C14H13Cl3N2OS/c15-14(16,17)13(18-9-10-5-2-1-3-6-10)19-12(20)11-7-4-8-21-11/h1-8,13,18H,9H2,(H,19,20)/t13-/m0/s1. The highest BCUT2D eigenvalue weighted by molar-refractivity contribution is 7.12. The van der Waals surface area contributed by atoms with Crippen molar-refractivity contribution in [3.05, 3.63) is 58.3 Å². The van der Waals surface area contributed by atoms with E-state index in [2.05, 4.69) is 10.6 Å². The number of nitrogens with one attached hydrogen (secondary N) is 2. The molecule has 21 heavy (non-hydrogen) atoms. The zero-order valence-electron chi connectivity index (χ0n) is 10.9. The van der Waals surface area contributed by atoms with Gasteiger partial charge >= 0.3 is 0 Å². The number of carbonyl (C=O) groups is 1. The lowest BCUT2D eigenvalue weighted by Gasteiger charge is -2.26. The molecule has 1 heterocycles. The average Bonchev–Trinajstić information content (AvgIpc) is 2.97. The van der Waals surface area contributed by atoms with Crippen molar-refractivity contribution in [1.82, 2.24) is 10.6 Å². The third-order valence-electron chi connectivity index (χ3n) is 2.70. The van der Waals surface area contributed by atoms with Crippen LogP contribution in [0.4, 0.5) is 0 Å². The minimum absolute atomic E-state index is 0.276. The van der Waals surface area contributed by atoms with Crippen LogP contribution < -0.4 is 10.6 Å². The van der Waals surface area contributed by atoms with Gasteiger partial charge in [-0.15, -0.1) is 11.3 Å². The van der Waals surface area contributed by atoms with Crippen molar-refractivity contribution < 1.29 is 4.79 Å². The van der Waals surface area contributed by atoms with E-state index >= 15 is 0 Å². The molecule has 7 heteroatoms.